The number of nitrogens with zero attached hydrogens (tertiary/aromatic N) is 3. The van der Waals surface area contributed by atoms with Crippen molar-refractivity contribution in [1.29, 1.82) is 0 Å². The third-order valence-electron chi connectivity index (χ3n) is 2.75. The van der Waals surface area contributed by atoms with Crippen LogP contribution < -0.4 is 0 Å². The largest absolute Gasteiger partial charge is 0.355 e. The van der Waals surface area contributed by atoms with E-state index in [4.69, 9.17) is 9.05 Å². The van der Waals surface area contributed by atoms with Crippen LogP contribution in [0.25, 0.3) is 22.9 Å². The number of benzene rings is 1. The Morgan fingerprint density at radius 3 is 2.47 bits per heavy atom. The lowest BCUT2D eigenvalue weighted by molar-refractivity contribution is 0.405. The Morgan fingerprint density at radius 1 is 1.00 bits per heavy atom. The average Bonchev–Trinajstić information content (AvgIpc) is 3.09. The van der Waals surface area contributed by atoms with Gasteiger partial charge in [-0.3, -0.25) is 0 Å². The van der Waals surface area contributed by atoms with Gasteiger partial charge in [-0.2, -0.15) is 4.98 Å². The first-order valence-electron chi connectivity index (χ1n) is 6.10. The van der Waals surface area contributed by atoms with Crippen molar-refractivity contribution in [2.45, 2.75) is 19.8 Å². The summed E-state index contributed by atoms with van der Waals surface area (Å²) < 4.78 is 10.5. The molecule has 5 heteroatoms. The van der Waals surface area contributed by atoms with Crippen molar-refractivity contribution >= 4 is 0 Å². The van der Waals surface area contributed by atoms with Gasteiger partial charge in [0.25, 0.3) is 5.89 Å². The van der Waals surface area contributed by atoms with Crippen molar-refractivity contribution < 1.29 is 9.05 Å². The van der Waals surface area contributed by atoms with Crippen LogP contribution >= 0.6 is 0 Å². The maximum Gasteiger partial charge on any atom is 0.280 e. The molecule has 0 aliphatic heterocycles. The molecular weight excluding hydrogens is 242 g/mol. The van der Waals surface area contributed by atoms with Crippen LogP contribution in [0.15, 0.2) is 45.4 Å². The summed E-state index contributed by atoms with van der Waals surface area (Å²) in [6, 6.07) is 11.6. The van der Waals surface area contributed by atoms with E-state index >= 15 is 0 Å². The van der Waals surface area contributed by atoms with Crippen LogP contribution in [0.4, 0.5) is 0 Å². The van der Waals surface area contributed by atoms with Crippen molar-refractivity contribution in [2.75, 3.05) is 0 Å². The van der Waals surface area contributed by atoms with Gasteiger partial charge in [0.1, 0.15) is 0 Å². The summed E-state index contributed by atoms with van der Waals surface area (Å²) in [4.78, 5) is 4.29. The van der Waals surface area contributed by atoms with E-state index in [1.165, 1.54) is 0 Å². The highest BCUT2D eigenvalue weighted by molar-refractivity contribution is 5.62. The van der Waals surface area contributed by atoms with Crippen molar-refractivity contribution in [3.63, 3.8) is 0 Å². The highest BCUT2D eigenvalue weighted by Gasteiger charge is 2.16. The standard InChI is InChI=1S/C14H13N3O2/c1-9(2)13-15-14(19-17-13)11-8-12(18-16-11)10-6-4-3-5-7-10/h3-9H,1-2H3. The van der Waals surface area contributed by atoms with Crippen LogP contribution in [0.2, 0.25) is 0 Å². The molecule has 3 aromatic rings. The SMILES string of the molecule is CC(C)c1noc(-c2cc(-c3ccccc3)on2)n1. The quantitative estimate of drug-likeness (QED) is 0.716. The second-order valence-electron chi connectivity index (χ2n) is 4.55. The predicted octanol–water partition coefficient (Wildman–Crippen LogP) is 3.52. The van der Waals surface area contributed by atoms with Gasteiger partial charge in [0.2, 0.25) is 0 Å². The third-order valence-corrected chi connectivity index (χ3v) is 2.75. The Labute approximate surface area is 110 Å². The van der Waals surface area contributed by atoms with Gasteiger partial charge in [-0.25, -0.2) is 0 Å². The number of aromatic nitrogens is 3. The molecule has 19 heavy (non-hydrogen) atoms. The van der Waals surface area contributed by atoms with Gasteiger partial charge in [0, 0.05) is 17.5 Å². The van der Waals surface area contributed by atoms with E-state index in [1.807, 2.05) is 44.2 Å². The fraction of sp³-hybridized carbons (Fsp3) is 0.214. The molecule has 0 N–H and O–H groups in total. The zero-order chi connectivity index (χ0) is 13.2. The second-order valence-corrected chi connectivity index (χ2v) is 4.55. The maximum atomic E-state index is 5.30. The Morgan fingerprint density at radius 2 is 1.79 bits per heavy atom. The Bertz CT molecular complexity index is 671. The molecule has 1 aromatic carbocycles. The topological polar surface area (TPSA) is 65.0 Å². The van der Waals surface area contributed by atoms with Gasteiger partial charge in [0.15, 0.2) is 17.3 Å². The minimum absolute atomic E-state index is 0.220. The lowest BCUT2D eigenvalue weighted by atomic mass is 10.1. The number of hydrogen-bond donors (Lipinski definition) is 0. The molecule has 0 radical (unpaired) electrons. The van der Waals surface area contributed by atoms with Crippen molar-refractivity contribution in [3.8, 4) is 22.9 Å². The summed E-state index contributed by atoms with van der Waals surface area (Å²) in [5, 5.41) is 7.87. The molecule has 0 saturated heterocycles. The maximum absolute atomic E-state index is 5.30. The molecule has 2 aromatic heterocycles. The van der Waals surface area contributed by atoms with E-state index in [9.17, 15) is 0 Å². The fourth-order valence-electron chi connectivity index (χ4n) is 1.69. The highest BCUT2D eigenvalue weighted by Crippen LogP contribution is 2.25. The first-order valence-corrected chi connectivity index (χ1v) is 6.10. The van der Waals surface area contributed by atoms with Crippen LogP contribution in [0.3, 0.4) is 0 Å². The molecule has 0 aliphatic carbocycles. The molecule has 0 amide bonds. The summed E-state index contributed by atoms with van der Waals surface area (Å²) in [6.07, 6.45) is 0. The molecule has 96 valence electrons. The molecule has 5 nitrogen and oxygen atoms in total. The highest BCUT2D eigenvalue weighted by atomic mass is 16.5. The minimum Gasteiger partial charge on any atom is -0.355 e. The predicted molar refractivity (Wildman–Crippen MR) is 69.3 cm³/mol. The summed E-state index contributed by atoms with van der Waals surface area (Å²) in [6.45, 7) is 4.01. The zero-order valence-electron chi connectivity index (χ0n) is 10.7. The molecule has 0 fully saturated rings. The molecule has 2 heterocycles. The Balaban J connectivity index is 1.92. The number of hydrogen-bond acceptors (Lipinski definition) is 5. The summed E-state index contributed by atoms with van der Waals surface area (Å²) in [5.74, 6) is 1.95. The lowest BCUT2D eigenvalue weighted by Gasteiger charge is -1.91. The van der Waals surface area contributed by atoms with E-state index in [0.717, 1.165) is 5.56 Å². The molecule has 0 bridgehead atoms. The van der Waals surface area contributed by atoms with Crippen LogP contribution in [0.1, 0.15) is 25.6 Å². The van der Waals surface area contributed by atoms with Crippen molar-refractivity contribution in [1.82, 2.24) is 15.3 Å². The van der Waals surface area contributed by atoms with Crippen molar-refractivity contribution in [3.05, 3.63) is 42.2 Å². The first kappa shape index (κ1) is 11.6. The van der Waals surface area contributed by atoms with E-state index in [0.29, 0.717) is 23.2 Å². The van der Waals surface area contributed by atoms with Gasteiger partial charge in [-0.1, -0.05) is 54.5 Å². The van der Waals surface area contributed by atoms with Crippen molar-refractivity contribution in [2.24, 2.45) is 0 Å². The van der Waals surface area contributed by atoms with Crippen LogP contribution in [0, 0.1) is 0 Å². The van der Waals surface area contributed by atoms with E-state index in [2.05, 4.69) is 15.3 Å². The fourth-order valence-corrected chi connectivity index (χ4v) is 1.69. The first-order chi connectivity index (χ1) is 9.24. The second kappa shape index (κ2) is 4.68. The molecule has 0 unspecified atom stereocenters. The van der Waals surface area contributed by atoms with Gasteiger partial charge < -0.3 is 9.05 Å². The van der Waals surface area contributed by atoms with Crippen LogP contribution in [-0.2, 0) is 0 Å². The Hall–Kier alpha value is -2.43. The van der Waals surface area contributed by atoms with Gasteiger partial charge in [-0.05, 0) is 0 Å². The summed E-state index contributed by atoms with van der Waals surface area (Å²) >= 11 is 0. The van der Waals surface area contributed by atoms with Gasteiger partial charge in [-0.15, -0.1) is 0 Å². The van der Waals surface area contributed by atoms with Crippen LogP contribution in [-0.4, -0.2) is 15.3 Å². The molecular formula is C14H13N3O2. The molecule has 0 atom stereocenters. The molecule has 0 saturated carbocycles. The van der Waals surface area contributed by atoms with E-state index < -0.39 is 0 Å². The zero-order valence-corrected chi connectivity index (χ0v) is 10.7. The Kier molecular flexibility index (Phi) is 2.87. The molecule has 0 spiro atoms. The molecule has 3 rings (SSSR count). The lowest BCUT2D eigenvalue weighted by Crippen LogP contribution is -1.89. The van der Waals surface area contributed by atoms with Gasteiger partial charge >= 0.3 is 0 Å². The average molecular weight is 255 g/mol. The third kappa shape index (κ3) is 2.27. The summed E-state index contributed by atoms with van der Waals surface area (Å²) in [7, 11) is 0. The number of rotatable bonds is 3. The van der Waals surface area contributed by atoms with Gasteiger partial charge in [0.05, 0.1) is 0 Å². The molecule has 0 aliphatic rings. The smallest absolute Gasteiger partial charge is 0.280 e. The summed E-state index contributed by atoms with van der Waals surface area (Å²) in [5.41, 5.74) is 1.52. The van der Waals surface area contributed by atoms with E-state index in [1.54, 1.807) is 6.07 Å². The normalized spacial score (nSPS) is 11.1. The van der Waals surface area contributed by atoms with Crippen LogP contribution in [0.5, 0.6) is 0 Å². The monoisotopic (exact) mass is 255 g/mol. The minimum atomic E-state index is 0.220. The van der Waals surface area contributed by atoms with E-state index in [-0.39, 0.29) is 5.92 Å².